The number of nitrogens with one attached hydrogen (secondary N) is 3. The summed E-state index contributed by atoms with van der Waals surface area (Å²) in [6.07, 6.45) is 2.35. The molecule has 8 heteroatoms. The van der Waals surface area contributed by atoms with Crippen molar-refractivity contribution >= 4 is 46.2 Å². The Labute approximate surface area is 165 Å². The highest BCUT2D eigenvalue weighted by molar-refractivity contribution is 7.80. The van der Waals surface area contributed by atoms with E-state index in [9.17, 15) is 9.59 Å². The molecule has 0 saturated carbocycles. The van der Waals surface area contributed by atoms with Crippen molar-refractivity contribution in [1.29, 1.82) is 0 Å². The molecule has 0 radical (unpaired) electrons. The van der Waals surface area contributed by atoms with Crippen molar-refractivity contribution in [3.8, 4) is 0 Å². The van der Waals surface area contributed by atoms with Crippen LogP contribution >= 0.6 is 23.6 Å². The van der Waals surface area contributed by atoms with E-state index in [1.54, 1.807) is 41.8 Å². The van der Waals surface area contributed by atoms with E-state index in [0.717, 1.165) is 10.4 Å². The molecule has 1 amide bonds. The second-order valence-electron chi connectivity index (χ2n) is 5.59. The first-order valence-corrected chi connectivity index (χ1v) is 9.35. The summed E-state index contributed by atoms with van der Waals surface area (Å²) >= 11 is 6.88. The van der Waals surface area contributed by atoms with Gasteiger partial charge in [-0.3, -0.25) is 10.1 Å². The predicted octanol–water partition coefficient (Wildman–Crippen LogP) is 3.58. The summed E-state index contributed by atoms with van der Waals surface area (Å²) in [7, 11) is 1.31. The van der Waals surface area contributed by atoms with Gasteiger partial charge in [0.1, 0.15) is 5.69 Å². The average Bonchev–Trinajstić information content (AvgIpc) is 3.33. The van der Waals surface area contributed by atoms with Crippen LogP contribution in [-0.4, -0.2) is 29.1 Å². The van der Waals surface area contributed by atoms with Gasteiger partial charge in [0.25, 0.3) is 5.91 Å². The average molecular weight is 399 g/mol. The maximum atomic E-state index is 12.3. The van der Waals surface area contributed by atoms with E-state index in [-0.39, 0.29) is 16.7 Å². The van der Waals surface area contributed by atoms with Crippen LogP contribution in [0.5, 0.6) is 0 Å². The fraction of sp³-hybridized carbons (Fsp3) is 0.105. The summed E-state index contributed by atoms with van der Waals surface area (Å²) < 4.78 is 4.82. The molecule has 0 unspecified atom stereocenters. The first kappa shape index (κ1) is 18.8. The number of thiophene rings is 1. The fourth-order valence-electron chi connectivity index (χ4n) is 2.52. The Morgan fingerprint density at radius 3 is 2.63 bits per heavy atom. The molecule has 0 aliphatic heterocycles. The molecule has 0 spiro atoms. The second kappa shape index (κ2) is 8.61. The van der Waals surface area contributed by atoms with Crippen LogP contribution in [0.4, 0.5) is 5.69 Å². The van der Waals surface area contributed by atoms with Crippen LogP contribution in [0.3, 0.4) is 0 Å². The van der Waals surface area contributed by atoms with Crippen LogP contribution in [-0.2, 0) is 11.2 Å². The van der Waals surface area contributed by atoms with Gasteiger partial charge in [0.05, 0.1) is 12.8 Å². The Kier molecular flexibility index (Phi) is 6.00. The maximum Gasteiger partial charge on any atom is 0.356 e. The Bertz CT molecular complexity index is 950. The van der Waals surface area contributed by atoms with Gasteiger partial charge in [-0.25, -0.2) is 4.79 Å². The highest BCUT2D eigenvalue weighted by Gasteiger charge is 2.20. The van der Waals surface area contributed by atoms with Crippen molar-refractivity contribution in [2.24, 2.45) is 0 Å². The molecule has 0 aliphatic carbocycles. The number of anilines is 1. The quantitative estimate of drug-likeness (QED) is 0.451. The lowest BCUT2D eigenvalue weighted by molar-refractivity contribution is 0.0596. The van der Waals surface area contributed by atoms with Gasteiger partial charge in [-0.15, -0.1) is 11.3 Å². The van der Waals surface area contributed by atoms with Gasteiger partial charge >= 0.3 is 5.97 Å². The summed E-state index contributed by atoms with van der Waals surface area (Å²) in [5, 5.41) is 7.67. The van der Waals surface area contributed by atoms with Crippen LogP contribution in [0.2, 0.25) is 0 Å². The molecule has 0 saturated heterocycles. The van der Waals surface area contributed by atoms with Crippen molar-refractivity contribution < 1.29 is 14.3 Å². The lowest BCUT2D eigenvalue weighted by Crippen LogP contribution is -2.34. The van der Waals surface area contributed by atoms with E-state index < -0.39 is 5.97 Å². The number of rotatable bonds is 5. The van der Waals surface area contributed by atoms with Gasteiger partial charge in [0.2, 0.25) is 0 Å². The van der Waals surface area contributed by atoms with Gasteiger partial charge in [-0.2, -0.15) is 0 Å². The number of benzene rings is 1. The molecule has 27 heavy (non-hydrogen) atoms. The molecule has 2 heterocycles. The van der Waals surface area contributed by atoms with Crippen molar-refractivity contribution in [3.05, 3.63) is 75.7 Å². The van der Waals surface area contributed by atoms with Crippen LogP contribution in [0.25, 0.3) is 0 Å². The normalized spacial score (nSPS) is 10.3. The molecule has 0 aliphatic rings. The fourth-order valence-corrected chi connectivity index (χ4v) is 3.44. The number of hydrogen-bond acceptors (Lipinski definition) is 5. The van der Waals surface area contributed by atoms with Gasteiger partial charge < -0.3 is 15.0 Å². The van der Waals surface area contributed by atoms with E-state index in [4.69, 9.17) is 17.0 Å². The minimum absolute atomic E-state index is 0.0982. The molecular formula is C19H17N3O3S2. The number of methoxy groups -OCH3 is 1. The molecule has 3 N–H and O–H groups in total. The van der Waals surface area contributed by atoms with Crippen molar-refractivity contribution in [3.63, 3.8) is 0 Å². The first-order chi connectivity index (χ1) is 13.1. The predicted molar refractivity (Wildman–Crippen MR) is 109 cm³/mol. The van der Waals surface area contributed by atoms with Gasteiger partial charge in [-0.05, 0) is 41.4 Å². The smallest absolute Gasteiger partial charge is 0.356 e. The highest BCUT2D eigenvalue weighted by Crippen LogP contribution is 2.26. The highest BCUT2D eigenvalue weighted by atomic mass is 32.1. The third kappa shape index (κ3) is 4.60. The Morgan fingerprint density at radius 2 is 1.96 bits per heavy atom. The topological polar surface area (TPSA) is 83.2 Å². The maximum absolute atomic E-state index is 12.3. The largest absolute Gasteiger partial charge is 0.464 e. The Hall–Kier alpha value is -2.97. The summed E-state index contributed by atoms with van der Waals surface area (Å²) in [4.78, 5) is 28.4. The number of hydrogen-bond donors (Lipinski definition) is 3. The minimum Gasteiger partial charge on any atom is -0.464 e. The number of aromatic nitrogens is 1. The van der Waals surface area contributed by atoms with Crippen molar-refractivity contribution in [2.45, 2.75) is 6.42 Å². The number of esters is 1. The number of carbonyl (C=O) groups excluding carboxylic acids is 2. The monoisotopic (exact) mass is 399 g/mol. The standard InChI is InChI=1S/C19H17N3O3S2/c1-25-18(24)16-15(13(11-20-16)10-14-8-5-9-27-14)21-19(26)22-17(23)12-6-3-2-4-7-12/h2-9,11,20H,10H2,1H3,(H2,21,22,23,26). The van der Waals surface area contributed by atoms with Gasteiger partial charge in [-0.1, -0.05) is 24.3 Å². The molecule has 1 aromatic carbocycles. The van der Waals surface area contributed by atoms with Gasteiger partial charge in [0.15, 0.2) is 5.11 Å². The summed E-state index contributed by atoms with van der Waals surface area (Å²) in [6.45, 7) is 0. The summed E-state index contributed by atoms with van der Waals surface area (Å²) in [6, 6.07) is 12.7. The second-order valence-corrected chi connectivity index (χ2v) is 7.03. The summed E-state index contributed by atoms with van der Waals surface area (Å²) in [5.41, 5.74) is 2.07. The van der Waals surface area contributed by atoms with Crippen LogP contribution in [0, 0.1) is 0 Å². The zero-order valence-corrected chi connectivity index (χ0v) is 16.1. The third-order valence-electron chi connectivity index (χ3n) is 3.80. The zero-order valence-electron chi connectivity index (χ0n) is 14.4. The van der Waals surface area contributed by atoms with E-state index in [1.807, 2.05) is 23.6 Å². The molecule has 3 rings (SSSR count). The molecule has 6 nitrogen and oxygen atoms in total. The van der Waals surface area contributed by atoms with E-state index in [1.165, 1.54) is 7.11 Å². The van der Waals surface area contributed by atoms with Gasteiger partial charge in [0, 0.05) is 23.1 Å². The van der Waals surface area contributed by atoms with E-state index in [2.05, 4.69) is 15.6 Å². The Balaban J connectivity index is 1.79. The van der Waals surface area contributed by atoms with Crippen molar-refractivity contribution in [2.75, 3.05) is 12.4 Å². The van der Waals surface area contributed by atoms with Crippen molar-refractivity contribution in [1.82, 2.24) is 10.3 Å². The molecule has 0 fully saturated rings. The lowest BCUT2D eigenvalue weighted by atomic mass is 10.1. The molecule has 0 atom stereocenters. The van der Waals surface area contributed by atoms with Crippen LogP contribution in [0.1, 0.15) is 31.3 Å². The number of amides is 1. The number of H-pyrrole nitrogens is 1. The number of carbonyl (C=O) groups is 2. The number of ether oxygens (including phenoxy) is 1. The molecule has 0 bridgehead atoms. The third-order valence-corrected chi connectivity index (χ3v) is 4.88. The lowest BCUT2D eigenvalue weighted by Gasteiger charge is -2.12. The minimum atomic E-state index is -0.521. The molecule has 2 aromatic heterocycles. The Morgan fingerprint density at radius 1 is 1.19 bits per heavy atom. The number of thiocarbonyl (C=S) groups is 1. The van der Waals surface area contributed by atoms with Crippen LogP contribution < -0.4 is 10.6 Å². The summed E-state index contributed by atoms with van der Waals surface area (Å²) in [5.74, 6) is -0.852. The SMILES string of the molecule is COC(=O)c1[nH]cc(Cc2cccs2)c1NC(=S)NC(=O)c1ccccc1. The zero-order chi connectivity index (χ0) is 19.2. The van der Waals surface area contributed by atoms with Crippen LogP contribution in [0.15, 0.2) is 54.0 Å². The van der Waals surface area contributed by atoms with E-state index >= 15 is 0 Å². The molecule has 3 aromatic rings. The first-order valence-electron chi connectivity index (χ1n) is 8.07. The van der Waals surface area contributed by atoms with E-state index in [0.29, 0.717) is 17.7 Å². The molecule has 138 valence electrons. The molecular weight excluding hydrogens is 382 g/mol. The number of aromatic amines is 1.